The van der Waals surface area contributed by atoms with Gasteiger partial charge in [0.15, 0.2) is 0 Å². The zero-order valence-electron chi connectivity index (χ0n) is 10.6. The molecule has 1 aromatic rings. The lowest BCUT2D eigenvalue weighted by Crippen LogP contribution is -2.18. The summed E-state index contributed by atoms with van der Waals surface area (Å²) in [5.41, 5.74) is 1.42. The van der Waals surface area contributed by atoms with Crippen molar-refractivity contribution in [2.24, 2.45) is 0 Å². The molecule has 0 saturated heterocycles. The van der Waals surface area contributed by atoms with Crippen LogP contribution in [0.3, 0.4) is 0 Å². The molecule has 1 aromatic carbocycles. The van der Waals surface area contributed by atoms with Crippen molar-refractivity contribution in [1.82, 2.24) is 0 Å². The van der Waals surface area contributed by atoms with E-state index >= 15 is 0 Å². The molecular formula is C13H18O4. The van der Waals surface area contributed by atoms with Gasteiger partial charge in [0.2, 0.25) is 0 Å². The molecule has 1 atom stereocenters. The molecular weight excluding hydrogens is 220 g/mol. The van der Waals surface area contributed by atoms with Crippen LogP contribution in [0, 0.1) is 6.92 Å². The van der Waals surface area contributed by atoms with Crippen molar-refractivity contribution in [3.63, 3.8) is 0 Å². The van der Waals surface area contributed by atoms with Gasteiger partial charge in [-0.15, -0.1) is 0 Å². The number of esters is 1. The summed E-state index contributed by atoms with van der Waals surface area (Å²) in [5.74, 6) is 0.409. The van der Waals surface area contributed by atoms with Crippen molar-refractivity contribution in [3.05, 3.63) is 29.3 Å². The monoisotopic (exact) mass is 238 g/mol. The fourth-order valence-corrected chi connectivity index (χ4v) is 1.51. The Kier molecular flexibility index (Phi) is 4.97. The number of rotatable bonds is 5. The van der Waals surface area contributed by atoms with E-state index in [0.29, 0.717) is 12.2 Å². The van der Waals surface area contributed by atoms with Gasteiger partial charge in [0.1, 0.15) is 11.9 Å². The van der Waals surface area contributed by atoms with Gasteiger partial charge in [-0.25, -0.2) is 4.79 Å². The zero-order valence-corrected chi connectivity index (χ0v) is 10.6. The van der Waals surface area contributed by atoms with Crippen LogP contribution >= 0.6 is 0 Å². The first kappa shape index (κ1) is 13.5. The molecule has 0 aliphatic carbocycles. The number of methoxy groups -OCH3 is 2. The molecule has 0 amide bonds. The van der Waals surface area contributed by atoms with Gasteiger partial charge in [0.05, 0.1) is 19.3 Å². The van der Waals surface area contributed by atoms with E-state index in [1.807, 2.05) is 13.8 Å². The molecule has 0 fully saturated rings. The van der Waals surface area contributed by atoms with Gasteiger partial charge in [0, 0.05) is 7.11 Å². The second kappa shape index (κ2) is 6.25. The standard InChI is InChI=1S/C13H18O4/c1-9-7-11(13(14)16-4)5-6-12(9)17-10(2)8-15-3/h5-7,10H,8H2,1-4H3/t10-/m1/s1. The van der Waals surface area contributed by atoms with E-state index in [4.69, 9.17) is 9.47 Å². The molecule has 4 heteroatoms. The Balaban J connectivity index is 2.79. The summed E-state index contributed by atoms with van der Waals surface area (Å²) in [4.78, 5) is 11.3. The summed E-state index contributed by atoms with van der Waals surface area (Å²) in [6.45, 7) is 4.34. The molecule has 0 aliphatic heterocycles. The number of carbonyl (C=O) groups excluding carboxylic acids is 1. The molecule has 0 aromatic heterocycles. The van der Waals surface area contributed by atoms with Crippen LogP contribution in [0.15, 0.2) is 18.2 Å². The van der Waals surface area contributed by atoms with E-state index in [-0.39, 0.29) is 12.1 Å². The van der Waals surface area contributed by atoms with Crippen LogP contribution in [-0.4, -0.2) is 32.9 Å². The maximum Gasteiger partial charge on any atom is 0.337 e. The molecule has 0 radical (unpaired) electrons. The minimum Gasteiger partial charge on any atom is -0.488 e. The van der Waals surface area contributed by atoms with Crippen LogP contribution in [-0.2, 0) is 9.47 Å². The molecule has 0 unspecified atom stereocenters. The molecule has 0 spiro atoms. The first-order valence-corrected chi connectivity index (χ1v) is 5.43. The third kappa shape index (κ3) is 3.75. The minimum atomic E-state index is -0.343. The molecule has 0 bridgehead atoms. The lowest BCUT2D eigenvalue weighted by molar-refractivity contribution is 0.0600. The fraction of sp³-hybridized carbons (Fsp3) is 0.462. The van der Waals surface area contributed by atoms with Gasteiger partial charge < -0.3 is 14.2 Å². The van der Waals surface area contributed by atoms with Crippen molar-refractivity contribution >= 4 is 5.97 Å². The molecule has 0 aliphatic rings. The number of hydrogen-bond acceptors (Lipinski definition) is 4. The van der Waals surface area contributed by atoms with Crippen LogP contribution < -0.4 is 4.74 Å². The Bertz CT molecular complexity index is 387. The molecule has 17 heavy (non-hydrogen) atoms. The molecule has 0 saturated carbocycles. The smallest absolute Gasteiger partial charge is 0.337 e. The average Bonchev–Trinajstić information content (AvgIpc) is 2.31. The minimum absolute atomic E-state index is 0.0253. The van der Waals surface area contributed by atoms with Gasteiger partial charge in [-0.05, 0) is 37.6 Å². The first-order chi connectivity index (χ1) is 8.08. The number of hydrogen-bond donors (Lipinski definition) is 0. The van der Waals surface area contributed by atoms with Gasteiger partial charge in [-0.2, -0.15) is 0 Å². The van der Waals surface area contributed by atoms with Crippen LogP contribution in [0.1, 0.15) is 22.8 Å². The van der Waals surface area contributed by atoms with Gasteiger partial charge in [-0.1, -0.05) is 0 Å². The van der Waals surface area contributed by atoms with E-state index in [9.17, 15) is 4.79 Å². The van der Waals surface area contributed by atoms with E-state index in [2.05, 4.69) is 4.74 Å². The van der Waals surface area contributed by atoms with Crippen molar-refractivity contribution in [2.45, 2.75) is 20.0 Å². The topological polar surface area (TPSA) is 44.8 Å². The Morgan fingerprint density at radius 1 is 1.35 bits per heavy atom. The third-order valence-corrected chi connectivity index (χ3v) is 2.33. The highest BCUT2D eigenvalue weighted by atomic mass is 16.5. The molecule has 94 valence electrons. The third-order valence-electron chi connectivity index (χ3n) is 2.33. The summed E-state index contributed by atoms with van der Waals surface area (Å²) in [6, 6.07) is 5.21. The van der Waals surface area contributed by atoms with E-state index < -0.39 is 0 Å². The summed E-state index contributed by atoms with van der Waals surface area (Å²) in [5, 5.41) is 0. The lowest BCUT2D eigenvalue weighted by atomic mass is 10.1. The van der Waals surface area contributed by atoms with Crippen LogP contribution in [0.25, 0.3) is 0 Å². The molecule has 1 rings (SSSR count). The highest BCUT2D eigenvalue weighted by Gasteiger charge is 2.10. The van der Waals surface area contributed by atoms with Crippen molar-refractivity contribution in [3.8, 4) is 5.75 Å². The summed E-state index contributed by atoms with van der Waals surface area (Å²) >= 11 is 0. The molecule has 0 heterocycles. The Labute approximate surface area is 101 Å². The number of carbonyl (C=O) groups is 1. The number of benzene rings is 1. The lowest BCUT2D eigenvalue weighted by Gasteiger charge is -2.15. The zero-order chi connectivity index (χ0) is 12.8. The first-order valence-electron chi connectivity index (χ1n) is 5.43. The van der Waals surface area contributed by atoms with Crippen LogP contribution in [0.5, 0.6) is 5.75 Å². The van der Waals surface area contributed by atoms with E-state index in [0.717, 1.165) is 11.3 Å². The van der Waals surface area contributed by atoms with Crippen molar-refractivity contribution in [1.29, 1.82) is 0 Å². The number of aryl methyl sites for hydroxylation is 1. The van der Waals surface area contributed by atoms with E-state index in [1.54, 1.807) is 25.3 Å². The molecule has 4 nitrogen and oxygen atoms in total. The summed E-state index contributed by atoms with van der Waals surface area (Å²) in [7, 11) is 3.00. The second-order valence-electron chi connectivity index (χ2n) is 3.86. The van der Waals surface area contributed by atoms with Gasteiger partial charge >= 0.3 is 5.97 Å². The van der Waals surface area contributed by atoms with Gasteiger partial charge in [0.25, 0.3) is 0 Å². The molecule has 0 N–H and O–H groups in total. The Morgan fingerprint density at radius 2 is 2.06 bits per heavy atom. The SMILES string of the molecule is COC[C@@H](C)Oc1ccc(C(=O)OC)cc1C. The highest BCUT2D eigenvalue weighted by Crippen LogP contribution is 2.20. The van der Waals surface area contributed by atoms with Crippen molar-refractivity contribution in [2.75, 3.05) is 20.8 Å². The maximum atomic E-state index is 11.3. The average molecular weight is 238 g/mol. The fourth-order valence-electron chi connectivity index (χ4n) is 1.51. The highest BCUT2D eigenvalue weighted by molar-refractivity contribution is 5.89. The largest absolute Gasteiger partial charge is 0.488 e. The normalized spacial score (nSPS) is 12.0. The quantitative estimate of drug-likeness (QED) is 0.738. The van der Waals surface area contributed by atoms with Crippen LogP contribution in [0.4, 0.5) is 0 Å². The summed E-state index contributed by atoms with van der Waals surface area (Å²) in [6.07, 6.45) is -0.0253. The Hall–Kier alpha value is -1.55. The predicted octanol–water partition coefficient (Wildman–Crippen LogP) is 2.20. The van der Waals surface area contributed by atoms with E-state index in [1.165, 1.54) is 7.11 Å². The van der Waals surface area contributed by atoms with Crippen LogP contribution in [0.2, 0.25) is 0 Å². The Morgan fingerprint density at radius 3 is 2.59 bits per heavy atom. The second-order valence-corrected chi connectivity index (χ2v) is 3.86. The van der Waals surface area contributed by atoms with Crippen molar-refractivity contribution < 1.29 is 19.0 Å². The number of ether oxygens (including phenoxy) is 3. The summed E-state index contributed by atoms with van der Waals surface area (Å²) < 4.78 is 15.3. The van der Waals surface area contributed by atoms with Gasteiger partial charge in [-0.3, -0.25) is 0 Å². The predicted molar refractivity (Wildman–Crippen MR) is 64.5 cm³/mol. The maximum absolute atomic E-state index is 11.3.